The lowest BCUT2D eigenvalue weighted by atomic mass is 9.99. The van der Waals surface area contributed by atoms with E-state index in [4.69, 9.17) is 0 Å². The number of carbonyl (C=O) groups is 1. The number of nitrogens with one attached hydrogen (secondary N) is 1. The highest BCUT2D eigenvalue weighted by atomic mass is 16.1. The predicted octanol–water partition coefficient (Wildman–Crippen LogP) is 4.69. The van der Waals surface area contributed by atoms with Crippen molar-refractivity contribution in [3.05, 3.63) is 53.9 Å². The Kier molecular flexibility index (Phi) is 5.37. The molecule has 1 aromatic heterocycles. The molecule has 25 heavy (non-hydrogen) atoms. The lowest BCUT2D eigenvalue weighted by molar-refractivity contribution is 0.102. The van der Waals surface area contributed by atoms with Crippen LogP contribution in [0.1, 0.15) is 55.6 Å². The summed E-state index contributed by atoms with van der Waals surface area (Å²) in [4.78, 5) is 19.3. The van der Waals surface area contributed by atoms with E-state index in [1.54, 1.807) is 6.20 Å². The molecule has 0 saturated carbocycles. The molecule has 0 atom stereocenters. The summed E-state index contributed by atoms with van der Waals surface area (Å²) in [5, 5.41) is 3.03. The van der Waals surface area contributed by atoms with Crippen LogP contribution >= 0.6 is 0 Å². The Morgan fingerprint density at radius 1 is 1.20 bits per heavy atom. The lowest BCUT2D eigenvalue weighted by Crippen LogP contribution is -2.33. The van der Waals surface area contributed by atoms with Gasteiger partial charge in [0.15, 0.2) is 0 Å². The minimum absolute atomic E-state index is 0.152. The molecule has 1 amide bonds. The number of pyridine rings is 1. The molecule has 0 unspecified atom stereocenters. The fraction of sp³-hybridized carbons (Fsp3) is 0.429. The Hall–Kier alpha value is -2.36. The van der Waals surface area contributed by atoms with Crippen molar-refractivity contribution < 1.29 is 4.79 Å². The Morgan fingerprint density at radius 2 is 1.92 bits per heavy atom. The molecule has 3 rings (SSSR count). The normalized spacial score (nSPS) is 15.4. The van der Waals surface area contributed by atoms with Crippen molar-refractivity contribution in [3.8, 4) is 0 Å². The molecule has 0 spiro atoms. The SMILES string of the molecule is CC1CCN(c2ccnc(C(=O)Nc3ccccc3C(C)C)c2)CC1. The van der Waals surface area contributed by atoms with Gasteiger partial charge in [0, 0.05) is 30.7 Å². The molecule has 1 aliphatic heterocycles. The molecule has 1 saturated heterocycles. The number of nitrogens with zero attached hydrogens (tertiary/aromatic N) is 2. The summed E-state index contributed by atoms with van der Waals surface area (Å²) >= 11 is 0. The first-order valence-electron chi connectivity index (χ1n) is 9.16. The number of amides is 1. The van der Waals surface area contributed by atoms with E-state index in [0.29, 0.717) is 11.6 Å². The van der Waals surface area contributed by atoms with Gasteiger partial charge in [-0.1, -0.05) is 39.0 Å². The summed E-state index contributed by atoms with van der Waals surface area (Å²) in [5.74, 6) is 0.986. The Labute approximate surface area is 150 Å². The van der Waals surface area contributed by atoms with Crippen molar-refractivity contribution in [1.82, 2.24) is 4.98 Å². The first-order chi connectivity index (χ1) is 12.0. The highest BCUT2D eigenvalue weighted by Gasteiger charge is 2.18. The highest BCUT2D eigenvalue weighted by Crippen LogP contribution is 2.25. The van der Waals surface area contributed by atoms with E-state index in [2.05, 4.69) is 42.0 Å². The second-order valence-electron chi connectivity index (χ2n) is 7.26. The van der Waals surface area contributed by atoms with Crippen molar-refractivity contribution in [2.75, 3.05) is 23.3 Å². The third-order valence-corrected chi connectivity index (χ3v) is 4.96. The largest absolute Gasteiger partial charge is 0.371 e. The fourth-order valence-corrected chi connectivity index (χ4v) is 3.31. The Morgan fingerprint density at radius 3 is 2.64 bits per heavy atom. The second kappa shape index (κ2) is 7.68. The summed E-state index contributed by atoms with van der Waals surface area (Å²) in [6.07, 6.45) is 4.13. The van der Waals surface area contributed by atoms with Crippen molar-refractivity contribution in [1.29, 1.82) is 0 Å². The zero-order valence-electron chi connectivity index (χ0n) is 15.3. The van der Waals surface area contributed by atoms with Gasteiger partial charge in [-0.3, -0.25) is 9.78 Å². The molecule has 1 N–H and O–H groups in total. The molecular formula is C21H27N3O. The quantitative estimate of drug-likeness (QED) is 0.880. The number of para-hydroxylation sites is 1. The number of anilines is 2. The third-order valence-electron chi connectivity index (χ3n) is 4.96. The van der Waals surface area contributed by atoms with Gasteiger partial charge in [0.25, 0.3) is 5.91 Å². The van der Waals surface area contributed by atoms with E-state index in [1.807, 2.05) is 30.3 Å². The van der Waals surface area contributed by atoms with Crippen molar-refractivity contribution >= 4 is 17.3 Å². The molecule has 2 aromatic rings. The topological polar surface area (TPSA) is 45.2 Å². The number of hydrogen-bond acceptors (Lipinski definition) is 3. The maximum atomic E-state index is 12.7. The molecule has 2 heterocycles. The van der Waals surface area contributed by atoms with E-state index in [0.717, 1.165) is 35.9 Å². The van der Waals surface area contributed by atoms with Gasteiger partial charge in [0.2, 0.25) is 0 Å². The molecule has 1 aliphatic rings. The third kappa shape index (κ3) is 4.19. The van der Waals surface area contributed by atoms with E-state index >= 15 is 0 Å². The molecule has 0 aliphatic carbocycles. The van der Waals surface area contributed by atoms with Crippen molar-refractivity contribution in [2.45, 2.75) is 39.5 Å². The number of aromatic nitrogens is 1. The molecular weight excluding hydrogens is 310 g/mol. The monoisotopic (exact) mass is 337 g/mol. The van der Waals surface area contributed by atoms with Crippen LogP contribution in [0.3, 0.4) is 0 Å². The van der Waals surface area contributed by atoms with Crippen molar-refractivity contribution in [2.24, 2.45) is 5.92 Å². The van der Waals surface area contributed by atoms with Crippen LogP contribution < -0.4 is 10.2 Å². The molecule has 4 nitrogen and oxygen atoms in total. The minimum Gasteiger partial charge on any atom is -0.371 e. The van der Waals surface area contributed by atoms with E-state index < -0.39 is 0 Å². The van der Waals surface area contributed by atoms with Gasteiger partial charge in [0.05, 0.1) is 0 Å². The molecule has 1 aromatic carbocycles. The van der Waals surface area contributed by atoms with Gasteiger partial charge in [0.1, 0.15) is 5.69 Å². The average molecular weight is 337 g/mol. The zero-order valence-corrected chi connectivity index (χ0v) is 15.3. The van der Waals surface area contributed by atoms with Crippen LogP contribution in [0.25, 0.3) is 0 Å². The molecule has 132 valence electrons. The zero-order chi connectivity index (χ0) is 17.8. The van der Waals surface area contributed by atoms with Crippen LogP contribution in [0.4, 0.5) is 11.4 Å². The highest BCUT2D eigenvalue weighted by molar-refractivity contribution is 6.03. The van der Waals surface area contributed by atoms with Gasteiger partial charge in [-0.05, 0) is 48.4 Å². The molecule has 0 bridgehead atoms. The predicted molar refractivity (Wildman–Crippen MR) is 103 cm³/mol. The Balaban J connectivity index is 1.76. The van der Waals surface area contributed by atoms with Gasteiger partial charge in [-0.15, -0.1) is 0 Å². The smallest absolute Gasteiger partial charge is 0.274 e. The summed E-state index contributed by atoms with van der Waals surface area (Å²) in [5.41, 5.74) is 3.55. The summed E-state index contributed by atoms with van der Waals surface area (Å²) in [6, 6.07) is 11.8. The van der Waals surface area contributed by atoms with Crippen LogP contribution in [-0.4, -0.2) is 24.0 Å². The molecule has 0 radical (unpaired) electrons. The van der Waals surface area contributed by atoms with Gasteiger partial charge >= 0.3 is 0 Å². The minimum atomic E-state index is -0.152. The first-order valence-corrected chi connectivity index (χ1v) is 9.16. The fourth-order valence-electron chi connectivity index (χ4n) is 3.31. The van der Waals surface area contributed by atoms with Crippen LogP contribution in [0, 0.1) is 5.92 Å². The summed E-state index contributed by atoms with van der Waals surface area (Å²) in [7, 11) is 0. The number of benzene rings is 1. The number of rotatable bonds is 4. The van der Waals surface area contributed by atoms with Gasteiger partial charge in [-0.2, -0.15) is 0 Å². The number of carbonyl (C=O) groups excluding carboxylic acids is 1. The van der Waals surface area contributed by atoms with E-state index in [9.17, 15) is 4.79 Å². The van der Waals surface area contributed by atoms with Crippen LogP contribution in [0.15, 0.2) is 42.6 Å². The first kappa shape index (κ1) is 17.5. The maximum absolute atomic E-state index is 12.7. The number of hydrogen-bond donors (Lipinski definition) is 1. The van der Waals surface area contributed by atoms with E-state index in [-0.39, 0.29) is 5.91 Å². The Bertz CT molecular complexity index is 733. The average Bonchev–Trinajstić information content (AvgIpc) is 2.62. The van der Waals surface area contributed by atoms with Gasteiger partial charge in [-0.25, -0.2) is 0 Å². The van der Waals surface area contributed by atoms with Crippen molar-refractivity contribution in [3.63, 3.8) is 0 Å². The molecule has 1 fully saturated rings. The van der Waals surface area contributed by atoms with Crippen LogP contribution in [0.2, 0.25) is 0 Å². The molecule has 4 heteroatoms. The number of piperidine rings is 1. The summed E-state index contributed by atoms with van der Waals surface area (Å²) in [6.45, 7) is 8.64. The van der Waals surface area contributed by atoms with E-state index in [1.165, 1.54) is 12.8 Å². The second-order valence-corrected chi connectivity index (χ2v) is 7.26. The lowest BCUT2D eigenvalue weighted by Gasteiger charge is -2.32. The maximum Gasteiger partial charge on any atom is 0.274 e. The standard InChI is InChI=1S/C21H27N3O/c1-15(2)18-6-4-5-7-19(18)23-21(25)20-14-17(8-11-22-20)24-12-9-16(3)10-13-24/h4-8,11,14-16H,9-10,12-13H2,1-3H3,(H,23,25). The van der Waals surface area contributed by atoms with Gasteiger partial charge < -0.3 is 10.2 Å². The summed E-state index contributed by atoms with van der Waals surface area (Å²) < 4.78 is 0. The van der Waals surface area contributed by atoms with Crippen LogP contribution in [-0.2, 0) is 0 Å². The van der Waals surface area contributed by atoms with Crippen LogP contribution in [0.5, 0.6) is 0 Å².